The van der Waals surface area contributed by atoms with Crippen molar-refractivity contribution in [2.45, 2.75) is 26.3 Å². The van der Waals surface area contributed by atoms with E-state index in [1.165, 1.54) is 11.2 Å². The van der Waals surface area contributed by atoms with Crippen molar-refractivity contribution in [3.05, 3.63) is 58.5 Å². The SMILES string of the molecule is CCNC(=NCc1cccc(-c2ncn[nH]2)c1)NCC(C)c1cccs1.I. The number of rotatable bonds is 7. The first-order chi connectivity index (χ1) is 12.8. The Morgan fingerprint density at radius 2 is 2.15 bits per heavy atom. The van der Waals surface area contributed by atoms with Crippen LogP contribution in [0, 0.1) is 0 Å². The van der Waals surface area contributed by atoms with E-state index in [1.807, 2.05) is 12.1 Å². The molecule has 144 valence electrons. The summed E-state index contributed by atoms with van der Waals surface area (Å²) in [6.45, 7) is 6.58. The first-order valence-electron chi connectivity index (χ1n) is 8.76. The van der Waals surface area contributed by atoms with E-state index in [2.05, 4.69) is 69.3 Å². The van der Waals surface area contributed by atoms with E-state index in [1.54, 1.807) is 11.3 Å². The van der Waals surface area contributed by atoms with E-state index in [0.717, 1.165) is 36.0 Å². The second-order valence-electron chi connectivity index (χ2n) is 6.03. The average molecular weight is 496 g/mol. The quantitative estimate of drug-likeness (QED) is 0.263. The van der Waals surface area contributed by atoms with Crippen LogP contribution >= 0.6 is 35.3 Å². The van der Waals surface area contributed by atoms with Crippen molar-refractivity contribution < 1.29 is 0 Å². The Morgan fingerprint density at radius 1 is 1.26 bits per heavy atom. The highest BCUT2D eigenvalue weighted by molar-refractivity contribution is 14.0. The highest BCUT2D eigenvalue weighted by Gasteiger charge is 2.07. The molecule has 1 aromatic carbocycles. The van der Waals surface area contributed by atoms with Crippen molar-refractivity contribution in [3.8, 4) is 11.4 Å². The fourth-order valence-corrected chi connectivity index (χ4v) is 3.38. The molecule has 0 aliphatic rings. The number of thiophene rings is 1. The van der Waals surface area contributed by atoms with Crippen LogP contribution in [0.15, 0.2) is 53.1 Å². The minimum atomic E-state index is 0. The minimum absolute atomic E-state index is 0. The van der Waals surface area contributed by atoms with Crippen LogP contribution < -0.4 is 10.6 Å². The molecule has 3 N–H and O–H groups in total. The smallest absolute Gasteiger partial charge is 0.191 e. The molecule has 3 rings (SSSR count). The first kappa shape index (κ1) is 21.4. The van der Waals surface area contributed by atoms with Crippen molar-refractivity contribution in [2.75, 3.05) is 13.1 Å². The summed E-state index contributed by atoms with van der Waals surface area (Å²) in [5.41, 5.74) is 2.14. The van der Waals surface area contributed by atoms with Gasteiger partial charge in [0.15, 0.2) is 11.8 Å². The zero-order valence-electron chi connectivity index (χ0n) is 15.5. The second-order valence-corrected chi connectivity index (χ2v) is 7.01. The van der Waals surface area contributed by atoms with Crippen LogP contribution in [-0.2, 0) is 6.54 Å². The van der Waals surface area contributed by atoms with Gasteiger partial charge >= 0.3 is 0 Å². The number of aliphatic imine (C=N–C) groups is 1. The molecule has 0 aliphatic carbocycles. The fraction of sp³-hybridized carbons (Fsp3) is 0.316. The summed E-state index contributed by atoms with van der Waals surface area (Å²) in [6, 6.07) is 12.5. The van der Waals surface area contributed by atoms with E-state index in [-0.39, 0.29) is 24.0 Å². The molecule has 2 aromatic heterocycles. The fourth-order valence-electron chi connectivity index (χ4n) is 2.60. The number of H-pyrrole nitrogens is 1. The summed E-state index contributed by atoms with van der Waals surface area (Å²) < 4.78 is 0. The van der Waals surface area contributed by atoms with E-state index < -0.39 is 0 Å². The van der Waals surface area contributed by atoms with Crippen molar-refractivity contribution in [1.82, 2.24) is 25.8 Å². The van der Waals surface area contributed by atoms with Gasteiger partial charge in [0.05, 0.1) is 6.54 Å². The van der Waals surface area contributed by atoms with Crippen LogP contribution in [0.3, 0.4) is 0 Å². The molecule has 2 heterocycles. The topological polar surface area (TPSA) is 78.0 Å². The van der Waals surface area contributed by atoms with Crippen molar-refractivity contribution in [2.24, 2.45) is 4.99 Å². The van der Waals surface area contributed by atoms with Crippen LogP contribution in [0.25, 0.3) is 11.4 Å². The number of aromatic nitrogens is 3. The second kappa shape index (κ2) is 11.0. The van der Waals surface area contributed by atoms with Gasteiger partial charge in [0.1, 0.15) is 6.33 Å². The van der Waals surface area contributed by atoms with Crippen LogP contribution in [0.5, 0.6) is 0 Å². The van der Waals surface area contributed by atoms with Crippen molar-refractivity contribution >= 4 is 41.3 Å². The van der Waals surface area contributed by atoms with Gasteiger partial charge in [-0.1, -0.05) is 31.2 Å². The molecule has 3 aromatic rings. The summed E-state index contributed by atoms with van der Waals surface area (Å²) >= 11 is 1.79. The standard InChI is InChI=1S/C19H24N6S.HI/c1-3-20-19(21-11-14(2)17-8-5-9-26-17)22-12-15-6-4-7-16(10-15)18-23-13-24-25-18;/h4-10,13-14H,3,11-12H2,1-2H3,(H2,20,21,22)(H,23,24,25);1H. The molecular weight excluding hydrogens is 471 g/mol. The van der Waals surface area contributed by atoms with Gasteiger partial charge in [0, 0.05) is 29.4 Å². The molecule has 0 bridgehead atoms. The van der Waals surface area contributed by atoms with E-state index >= 15 is 0 Å². The van der Waals surface area contributed by atoms with Crippen molar-refractivity contribution in [3.63, 3.8) is 0 Å². The lowest BCUT2D eigenvalue weighted by molar-refractivity contribution is 0.709. The Balaban J connectivity index is 0.00000261. The van der Waals surface area contributed by atoms with E-state index in [9.17, 15) is 0 Å². The summed E-state index contributed by atoms with van der Waals surface area (Å²) in [4.78, 5) is 10.3. The molecule has 6 nitrogen and oxygen atoms in total. The molecule has 0 saturated heterocycles. The lowest BCUT2D eigenvalue weighted by Gasteiger charge is -2.15. The van der Waals surface area contributed by atoms with Crippen LogP contribution in [0.2, 0.25) is 0 Å². The number of aromatic amines is 1. The summed E-state index contributed by atoms with van der Waals surface area (Å²) in [5, 5.41) is 15.7. The molecular formula is C19H25IN6S. The molecule has 0 amide bonds. The largest absolute Gasteiger partial charge is 0.357 e. The third kappa shape index (κ3) is 6.31. The zero-order valence-corrected chi connectivity index (χ0v) is 18.6. The van der Waals surface area contributed by atoms with E-state index in [0.29, 0.717) is 12.5 Å². The van der Waals surface area contributed by atoms with Gasteiger partial charge in [-0.15, -0.1) is 35.3 Å². The Labute approximate surface area is 180 Å². The van der Waals surface area contributed by atoms with Gasteiger partial charge in [-0.25, -0.2) is 9.98 Å². The molecule has 0 aliphatic heterocycles. The number of hydrogen-bond acceptors (Lipinski definition) is 4. The highest BCUT2D eigenvalue weighted by Crippen LogP contribution is 2.19. The molecule has 0 spiro atoms. The summed E-state index contributed by atoms with van der Waals surface area (Å²) in [5.74, 6) is 2.06. The van der Waals surface area contributed by atoms with Gasteiger partial charge in [-0.3, -0.25) is 5.10 Å². The third-order valence-corrected chi connectivity index (χ3v) is 5.09. The number of nitrogens with one attached hydrogen (secondary N) is 3. The lowest BCUT2D eigenvalue weighted by Crippen LogP contribution is -2.39. The van der Waals surface area contributed by atoms with Crippen LogP contribution in [-0.4, -0.2) is 34.2 Å². The number of guanidine groups is 1. The van der Waals surface area contributed by atoms with Gasteiger partial charge in [-0.05, 0) is 30.0 Å². The number of hydrogen-bond donors (Lipinski definition) is 3. The predicted octanol–water partition coefficient (Wildman–Crippen LogP) is 4.01. The normalized spacial score (nSPS) is 12.3. The summed E-state index contributed by atoms with van der Waals surface area (Å²) in [6.07, 6.45) is 1.52. The maximum absolute atomic E-state index is 4.71. The van der Waals surface area contributed by atoms with Gasteiger partial charge < -0.3 is 10.6 Å². The Hall–Kier alpha value is -1.94. The number of nitrogens with zero attached hydrogens (tertiary/aromatic N) is 3. The summed E-state index contributed by atoms with van der Waals surface area (Å²) in [7, 11) is 0. The minimum Gasteiger partial charge on any atom is -0.357 e. The Bertz CT molecular complexity index is 817. The maximum Gasteiger partial charge on any atom is 0.191 e. The third-order valence-electron chi connectivity index (χ3n) is 3.98. The van der Waals surface area contributed by atoms with Crippen LogP contribution in [0.1, 0.15) is 30.2 Å². The number of halogens is 1. The highest BCUT2D eigenvalue weighted by atomic mass is 127. The van der Waals surface area contributed by atoms with Crippen LogP contribution in [0.4, 0.5) is 0 Å². The number of benzene rings is 1. The van der Waals surface area contributed by atoms with Crippen molar-refractivity contribution in [1.29, 1.82) is 0 Å². The van der Waals surface area contributed by atoms with Gasteiger partial charge in [0.2, 0.25) is 0 Å². The monoisotopic (exact) mass is 496 g/mol. The lowest BCUT2D eigenvalue weighted by atomic mass is 10.1. The first-order valence-corrected chi connectivity index (χ1v) is 9.64. The molecule has 0 fully saturated rings. The van der Waals surface area contributed by atoms with Gasteiger partial charge in [-0.2, -0.15) is 5.10 Å². The Kier molecular flexibility index (Phi) is 8.73. The van der Waals surface area contributed by atoms with E-state index in [4.69, 9.17) is 4.99 Å². The molecule has 1 unspecified atom stereocenters. The molecule has 0 saturated carbocycles. The van der Waals surface area contributed by atoms with Gasteiger partial charge in [0.25, 0.3) is 0 Å². The molecule has 1 atom stereocenters. The zero-order chi connectivity index (χ0) is 18.2. The Morgan fingerprint density at radius 3 is 2.85 bits per heavy atom. The average Bonchev–Trinajstić information content (AvgIpc) is 3.38. The maximum atomic E-state index is 4.71. The molecule has 0 radical (unpaired) electrons. The molecule has 27 heavy (non-hydrogen) atoms. The molecule has 8 heteroatoms. The predicted molar refractivity (Wildman–Crippen MR) is 123 cm³/mol.